The van der Waals surface area contributed by atoms with Gasteiger partial charge < -0.3 is 20.4 Å². The molecule has 110 valence electrons. The maximum atomic E-state index is 8.86. The standard InChI is InChI=1S/C14H19ClN2O3/c1-8-6-10(7-9(2)19-8)20-12-5-3-4-11(15)13(12)14(16)17-18/h3-5,8-10,18H,6-7H2,1-2H3,(H2,16,17). The number of nitrogens with zero attached hydrogens (tertiary/aromatic N) is 1. The van der Waals surface area contributed by atoms with Crippen molar-refractivity contribution in [1.29, 1.82) is 0 Å². The van der Waals surface area contributed by atoms with E-state index in [1.54, 1.807) is 18.2 Å². The number of rotatable bonds is 3. The predicted octanol–water partition coefficient (Wildman–Crippen LogP) is 2.77. The largest absolute Gasteiger partial charge is 0.489 e. The zero-order chi connectivity index (χ0) is 14.7. The number of oxime groups is 1. The van der Waals surface area contributed by atoms with Crippen LogP contribution in [0.3, 0.4) is 0 Å². The van der Waals surface area contributed by atoms with Crippen molar-refractivity contribution in [2.24, 2.45) is 10.9 Å². The average Bonchev–Trinajstić information content (AvgIpc) is 2.37. The third-order valence-electron chi connectivity index (χ3n) is 3.29. The second-order valence-electron chi connectivity index (χ2n) is 5.07. The lowest BCUT2D eigenvalue weighted by atomic mass is 10.0. The molecule has 3 N–H and O–H groups in total. The Morgan fingerprint density at radius 1 is 1.40 bits per heavy atom. The summed E-state index contributed by atoms with van der Waals surface area (Å²) in [5, 5.41) is 12.3. The van der Waals surface area contributed by atoms with Crippen LogP contribution >= 0.6 is 11.6 Å². The zero-order valence-corrected chi connectivity index (χ0v) is 12.3. The van der Waals surface area contributed by atoms with Gasteiger partial charge in [-0.05, 0) is 26.0 Å². The first-order chi connectivity index (χ1) is 9.51. The molecular formula is C14H19ClN2O3. The van der Waals surface area contributed by atoms with Gasteiger partial charge >= 0.3 is 0 Å². The van der Waals surface area contributed by atoms with Crippen LogP contribution in [0, 0.1) is 0 Å². The first-order valence-electron chi connectivity index (χ1n) is 6.59. The molecule has 1 fully saturated rings. The number of amidine groups is 1. The average molecular weight is 299 g/mol. The Balaban J connectivity index is 2.23. The highest BCUT2D eigenvalue weighted by atomic mass is 35.5. The van der Waals surface area contributed by atoms with Crippen LogP contribution in [0.2, 0.25) is 5.02 Å². The highest BCUT2D eigenvalue weighted by Crippen LogP contribution is 2.30. The van der Waals surface area contributed by atoms with Crippen LogP contribution in [0.25, 0.3) is 0 Å². The van der Waals surface area contributed by atoms with Crippen molar-refractivity contribution in [2.75, 3.05) is 0 Å². The molecule has 2 unspecified atom stereocenters. The zero-order valence-electron chi connectivity index (χ0n) is 11.5. The van der Waals surface area contributed by atoms with Gasteiger partial charge in [0.1, 0.15) is 11.9 Å². The van der Waals surface area contributed by atoms with Crippen LogP contribution in [-0.4, -0.2) is 29.4 Å². The molecule has 6 heteroatoms. The Morgan fingerprint density at radius 3 is 2.65 bits per heavy atom. The van der Waals surface area contributed by atoms with E-state index in [1.807, 2.05) is 13.8 Å². The first-order valence-corrected chi connectivity index (χ1v) is 6.97. The van der Waals surface area contributed by atoms with E-state index in [0.29, 0.717) is 16.3 Å². The van der Waals surface area contributed by atoms with Gasteiger partial charge in [0.25, 0.3) is 0 Å². The molecule has 0 aromatic heterocycles. The number of hydrogen-bond acceptors (Lipinski definition) is 4. The second kappa shape index (κ2) is 6.33. The summed E-state index contributed by atoms with van der Waals surface area (Å²) in [5.41, 5.74) is 6.09. The van der Waals surface area contributed by atoms with Crippen molar-refractivity contribution in [3.63, 3.8) is 0 Å². The van der Waals surface area contributed by atoms with Gasteiger partial charge in [0.2, 0.25) is 0 Å². The summed E-state index contributed by atoms with van der Waals surface area (Å²) in [6, 6.07) is 5.22. The number of nitrogens with two attached hydrogens (primary N) is 1. The van der Waals surface area contributed by atoms with Gasteiger partial charge in [0.15, 0.2) is 5.84 Å². The Hall–Kier alpha value is -1.46. The van der Waals surface area contributed by atoms with Crippen LogP contribution in [0.1, 0.15) is 32.3 Å². The van der Waals surface area contributed by atoms with Crippen LogP contribution in [0.15, 0.2) is 23.4 Å². The maximum Gasteiger partial charge on any atom is 0.175 e. The highest BCUT2D eigenvalue weighted by molar-refractivity contribution is 6.34. The molecule has 20 heavy (non-hydrogen) atoms. The molecule has 2 rings (SSSR count). The lowest BCUT2D eigenvalue weighted by Gasteiger charge is -2.32. The quantitative estimate of drug-likeness (QED) is 0.389. The Bertz CT molecular complexity index is 497. The molecule has 0 saturated carbocycles. The fourth-order valence-electron chi connectivity index (χ4n) is 2.52. The van der Waals surface area contributed by atoms with Gasteiger partial charge in [-0.2, -0.15) is 0 Å². The molecule has 0 amide bonds. The minimum absolute atomic E-state index is 0.0254. The predicted molar refractivity (Wildman–Crippen MR) is 77.6 cm³/mol. The van der Waals surface area contributed by atoms with Crippen LogP contribution in [0.4, 0.5) is 0 Å². The highest BCUT2D eigenvalue weighted by Gasteiger charge is 2.27. The SMILES string of the molecule is CC1CC(Oc2cccc(Cl)c2/C(N)=N/O)CC(C)O1. The number of benzene rings is 1. The van der Waals surface area contributed by atoms with Crippen LogP contribution < -0.4 is 10.5 Å². The van der Waals surface area contributed by atoms with E-state index in [9.17, 15) is 0 Å². The third-order valence-corrected chi connectivity index (χ3v) is 3.60. The lowest BCUT2D eigenvalue weighted by molar-refractivity contribution is -0.0721. The first kappa shape index (κ1) is 14.9. The van der Waals surface area contributed by atoms with Crippen LogP contribution in [0.5, 0.6) is 5.75 Å². The summed E-state index contributed by atoms with van der Waals surface area (Å²) < 4.78 is 11.7. The van der Waals surface area contributed by atoms with E-state index >= 15 is 0 Å². The molecule has 1 aromatic carbocycles. The van der Waals surface area contributed by atoms with E-state index in [0.717, 1.165) is 12.8 Å². The molecule has 2 atom stereocenters. The van der Waals surface area contributed by atoms with Crippen molar-refractivity contribution in [3.05, 3.63) is 28.8 Å². The van der Waals surface area contributed by atoms with E-state index < -0.39 is 0 Å². The molecular weight excluding hydrogens is 280 g/mol. The minimum atomic E-state index is -0.0567. The smallest absolute Gasteiger partial charge is 0.175 e. The topological polar surface area (TPSA) is 77.1 Å². The summed E-state index contributed by atoms with van der Waals surface area (Å²) in [5.74, 6) is 0.470. The summed E-state index contributed by atoms with van der Waals surface area (Å²) in [6.07, 6.45) is 1.92. The maximum absolute atomic E-state index is 8.86. The monoisotopic (exact) mass is 298 g/mol. The third kappa shape index (κ3) is 3.35. The number of hydrogen-bond donors (Lipinski definition) is 2. The van der Waals surface area contributed by atoms with Crippen molar-refractivity contribution in [1.82, 2.24) is 0 Å². The molecule has 1 aliphatic rings. The van der Waals surface area contributed by atoms with Crippen molar-refractivity contribution in [2.45, 2.75) is 45.0 Å². The Kier molecular flexibility index (Phi) is 4.73. The summed E-state index contributed by atoms with van der Waals surface area (Å²) in [6.45, 7) is 4.04. The number of ether oxygens (including phenoxy) is 2. The molecule has 5 nitrogen and oxygen atoms in total. The van der Waals surface area contributed by atoms with E-state index in [4.69, 9.17) is 32.0 Å². The molecule has 1 heterocycles. The minimum Gasteiger partial charge on any atom is -0.489 e. The van der Waals surface area contributed by atoms with Gasteiger partial charge in [-0.3, -0.25) is 0 Å². The van der Waals surface area contributed by atoms with Gasteiger partial charge in [-0.1, -0.05) is 22.8 Å². The van der Waals surface area contributed by atoms with Crippen molar-refractivity contribution >= 4 is 17.4 Å². The van der Waals surface area contributed by atoms with E-state index in [1.165, 1.54) is 0 Å². The van der Waals surface area contributed by atoms with Crippen LogP contribution in [-0.2, 0) is 4.74 Å². The summed E-state index contributed by atoms with van der Waals surface area (Å²) >= 11 is 6.10. The van der Waals surface area contributed by atoms with Crippen molar-refractivity contribution < 1.29 is 14.7 Å². The Morgan fingerprint density at radius 2 is 2.05 bits per heavy atom. The van der Waals surface area contributed by atoms with E-state index in [-0.39, 0.29) is 24.1 Å². The fourth-order valence-corrected chi connectivity index (χ4v) is 2.78. The molecule has 0 radical (unpaired) electrons. The van der Waals surface area contributed by atoms with Gasteiger partial charge in [0, 0.05) is 12.8 Å². The molecule has 0 spiro atoms. The number of halogens is 1. The normalized spacial score (nSPS) is 27.4. The summed E-state index contributed by atoms with van der Waals surface area (Å²) in [4.78, 5) is 0. The molecule has 0 bridgehead atoms. The van der Waals surface area contributed by atoms with Gasteiger partial charge in [-0.25, -0.2) is 0 Å². The lowest BCUT2D eigenvalue weighted by Crippen LogP contribution is -2.36. The molecule has 0 aliphatic carbocycles. The van der Waals surface area contributed by atoms with Gasteiger partial charge in [0.05, 0.1) is 22.8 Å². The van der Waals surface area contributed by atoms with Crippen molar-refractivity contribution in [3.8, 4) is 5.75 Å². The van der Waals surface area contributed by atoms with Gasteiger partial charge in [-0.15, -0.1) is 0 Å². The van der Waals surface area contributed by atoms with E-state index in [2.05, 4.69) is 5.16 Å². The summed E-state index contributed by atoms with van der Waals surface area (Å²) in [7, 11) is 0. The molecule has 1 saturated heterocycles. The molecule has 1 aromatic rings. The Labute approximate surface area is 123 Å². The molecule has 1 aliphatic heterocycles. The second-order valence-corrected chi connectivity index (χ2v) is 5.47. The fraction of sp³-hybridized carbons (Fsp3) is 0.500.